The molecule has 0 bridgehead atoms. The molecule has 0 saturated carbocycles. The first-order chi connectivity index (χ1) is 9.10. The minimum atomic E-state index is -0.576. The summed E-state index contributed by atoms with van der Waals surface area (Å²) in [5.41, 5.74) is 0.218. The third kappa shape index (κ3) is 3.05. The number of aryl methyl sites for hydroxylation is 1. The van der Waals surface area contributed by atoms with Gasteiger partial charge in [0.2, 0.25) is 0 Å². The van der Waals surface area contributed by atoms with Crippen LogP contribution in [-0.4, -0.2) is 20.2 Å². The minimum Gasteiger partial charge on any atom is -0.477 e. The normalized spacial score (nSPS) is 10.4. The second-order valence-electron chi connectivity index (χ2n) is 3.74. The summed E-state index contributed by atoms with van der Waals surface area (Å²) in [6, 6.07) is 4.22. The highest BCUT2D eigenvalue weighted by Gasteiger charge is 2.17. The average molecular weight is 265 g/mol. The smallest absolute Gasteiger partial charge is 0.311 e. The van der Waals surface area contributed by atoms with Crippen molar-refractivity contribution in [1.29, 1.82) is 0 Å². The maximum Gasteiger partial charge on any atom is 0.311 e. The molecule has 0 spiro atoms. The van der Waals surface area contributed by atoms with Crippen LogP contribution in [-0.2, 0) is 13.2 Å². The average Bonchev–Trinajstić information content (AvgIpc) is 2.82. The van der Waals surface area contributed by atoms with E-state index in [4.69, 9.17) is 14.4 Å². The molecule has 1 aromatic heterocycles. The summed E-state index contributed by atoms with van der Waals surface area (Å²) >= 11 is 0. The van der Waals surface area contributed by atoms with Gasteiger partial charge in [0.1, 0.15) is 0 Å². The number of aromatic nitrogens is 2. The van der Waals surface area contributed by atoms with Gasteiger partial charge in [0.05, 0.1) is 11.5 Å². The predicted octanol–water partition coefficient (Wildman–Crippen LogP) is 1.36. The molecule has 2 rings (SSSR count). The summed E-state index contributed by atoms with van der Waals surface area (Å²) in [5.74, 6) is 0.778. The fourth-order valence-corrected chi connectivity index (χ4v) is 1.46. The third-order valence-electron chi connectivity index (χ3n) is 2.32. The topological polar surface area (TPSA) is 112 Å². The van der Waals surface area contributed by atoms with Crippen molar-refractivity contribution >= 4 is 5.69 Å². The van der Waals surface area contributed by atoms with E-state index in [1.807, 2.05) is 0 Å². The Kier molecular flexibility index (Phi) is 3.71. The van der Waals surface area contributed by atoms with E-state index in [0.717, 1.165) is 0 Å². The zero-order chi connectivity index (χ0) is 13.8. The van der Waals surface area contributed by atoms with Gasteiger partial charge in [-0.15, -0.1) is 0 Å². The molecule has 0 radical (unpaired) electrons. The Balaban J connectivity index is 2.17. The van der Waals surface area contributed by atoms with E-state index in [2.05, 4.69) is 10.1 Å². The van der Waals surface area contributed by atoms with Gasteiger partial charge in [-0.3, -0.25) is 10.1 Å². The molecule has 100 valence electrons. The molecule has 0 aliphatic rings. The molecule has 0 aliphatic carbocycles. The first-order valence-corrected chi connectivity index (χ1v) is 5.40. The Bertz CT molecular complexity index is 596. The summed E-state index contributed by atoms with van der Waals surface area (Å²) in [6.07, 6.45) is 0. The van der Waals surface area contributed by atoms with E-state index in [-0.39, 0.29) is 30.5 Å². The van der Waals surface area contributed by atoms with Crippen LogP contribution in [0, 0.1) is 17.0 Å². The van der Waals surface area contributed by atoms with Gasteiger partial charge in [-0.2, -0.15) is 4.98 Å². The van der Waals surface area contributed by atoms with Crippen molar-refractivity contribution in [1.82, 2.24) is 10.1 Å². The van der Waals surface area contributed by atoms with Gasteiger partial charge in [-0.1, -0.05) is 11.2 Å². The Hall–Kier alpha value is -2.48. The molecule has 0 fully saturated rings. The van der Waals surface area contributed by atoms with Gasteiger partial charge >= 0.3 is 5.69 Å². The molecule has 19 heavy (non-hydrogen) atoms. The molecule has 0 atom stereocenters. The largest absolute Gasteiger partial charge is 0.477 e. The maximum atomic E-state index is 10.9. The van der Waals surface area contributed by atoms with Crippen molar-refractivity contribution in [2.24, 2.45) is 0 Å². The van der Waals surface area contributed by atoms with Gasteiger partial charge in [-0.05, 0) is 18.6 Å². The quantitative estimate of drug-likeness (QED) is 0.641. The molecule has 0 unspecified atom stereocenters. The number of rotatable bonds is 5. The molecule has 0 amide bonds. The maximum absolute atomic E-state index is 10.9. The van der Waals surface area contributed by atoms with Crippen LogP contribution >= 0.6 is 0 Å². The lowest BCUT2D eigenvalue weighted by Crippen LogP contribution is -2.00. The van der Waals surface area contributed by atoms with E-state index in [9.17, 15) is 10.1 Å². The first-order valence-electron chi connectivity index (χ1n) is 5.40. The monoisotopic (exact) mass is 265 g/mol. The van der Waals surface area contributed by atoms with Crippen LogP contribution in [0.25, 0.3) is 0 Å². The molecule has 1 N–H and O–H groups in total. The van der Waals surface area contributed by atoms with Gasteiger partial charge < -0.3 is 14.4 Å². The van der Waals surface area contributed by atoms with Gasteiger partial charge in [0.15, 0.2) is 18.2 Å². The van der Waals surface area contributed by atoms with E-state index < -0.39 is 4.92 Å². The van der Waals surface area contributed by atoms with Crippen molar-refractivity contribution in [3.05, 3.63) is 45.6 Å². The standard InChI is InChI=1S/C11H11N3O5/c1-7-12-11(19-13-7)6-18-10-3-2-8(5-15)4-9(10)14(16)17/h2-4,15H,5-6H2,1H3. The van der Waals surface area contributed by atoms with Crippen LogP contribution in [0.2, 0.25) is 0 Å². The number of hydrogen-bond donors (Lipinski definition) is 1. The molecule has 0 aliphatic heterocycles. The Morgan fingerprint density at radius 2 is 2.32 bits per heavy atom. The number of nitro benzene ring substituents is 1. The lowest BCUT2D eigenvalue weighted by atomic mass is 10.2. The number of hydrogen-bond acceptors (Lipinski definition) is 7. The fraction of sp³-hybridized carbons (Fsp3) is 0.273. The summed E-state index contributed by atoms with van der Waals surface area (Å²) in [6.45, 7) is 1.33. The summed E-state index contributed by atoms with van der Waals surface area (Å²) in [7, 11) is 0. The van der Waals surface area contributed by atoms with Crippen molar-refractivity contribution in [2.75, 3.05) is 0 Å². The number of aliphatic hydroxyl groups is 1. The van der Waals surface area contributed by atoms with Gasteiger partial charge in [-0.25, -0.2) is 0 Å². The molecule has 8 nitrogen and oxygen atoms in total. The first kappa shape index (κ1) is 13.0. The van der Waals surface area contributed by atoms with E-state index in [1.54, 1.807) is 13.0 Å². The molecule has 1 aromatic carbocycles. The highest BCUT2D eigenvalue weighted by Crippen LogP contribution is 2.28. The zero-order valence-electron chi connectivity index (χ0n) is 10.1. The zero-order valence-corrected chi connectivity index (χ0v) is 10.1. The molecule has 1 heterocycles. The number of benzene rings is 1. The number of ether oxygens (including phenoxy) is 1. The van der Waals surface area contributed by atoms with E-state index in [1.165, 1.54) is 12.1 Å². The summed E-state index contributed by atoms with van der Waals surface area (Å²) in [5, 5.41) is 23.4. The number of aliphatic hydroxyl groups excluding tert-OH is 1. The van der Waals surface area contributed by atoms with Crippen molar-refractivity contribution in [2.45, 2.75) is 20.1 Å². The summed E-state index contributed by atoms with van der Waals surface area (Å²) in [4.78, 5) is 14.2. The van der Waals surface area contributed by atoms with Crippen molar-refractivity contribution in [3.8, 4) is 5.75 Å². The minimum absolute atomic E-state index is 0.0554. The number of nitro groups is 1. The van der Waals surface area contributed by atoms with Gasteiger partial charge in [0, 0.05) is 6.07 Å². The van der Waals surface area contributed by atoms with Crippen LogP contribution in [0.1, 0.15) is 17.3 Å². The molecular weight excluding hydrogens is 254 g/mol. The third-order valence-corrected chi connectivity index (χ3v) is 2.32. The Labute approximate surface area is 107 Å². The molecule has 8 heteroatoms. The van der Waals surface area contributed by atoms with Crippen molar-refractivity contribution < 1.29 is 19.3 Å². The van der Waals surface area contributed by atoms with Crippen LogP contribution in [0.4, 0.5) is 5.69 Å². The predicted molar refractivity (Wildman–Crippen MR) is 62.4 cm³/mol. The molecule has 2 aromatic rings. The van der Waals surface area contributed by atoms with Gasteiger partial charge in [0.25, 0.3) is 5.89 Å². The van der Waals surface area contributed by atoms with Crippen LogP contribution in [0.5, 0.6) is 5.75 Å². The number of nitrogens with zero attached hydrogens (tertiary/aromatic N) is 3. The molecular formula is C11H11N3O5. The second-order valence-corrected chi connectivity index (χ2v) is 3.74. The van der Waals surface area contributed by atoms with Crippen LogP contribution in [0.3, 0.4) is 0 Å². The lowest BCUT2D eigenvalue weighted by molar-refractivity contribution is -0.386. The SMILES string of the molecule is Cc1noc(COc2ccc(CO)cc2[N+](=O)[O-])n1. The van der Waals surface area contributed by atoms with E-state index >= 15 is 0 Å². The Morgan fingerprint density at radius 1 is 1.53 bits per heavy atom. The highest BCUT2D eigenvalue weighted by atomic mass is 16.6. The fourth-order valence-electron chi connectivity index (χ4n) is 1.46. The van der Waals surface area contributed by atoms with Crippen LogP contribution < -0.4 is 4.74 Å². The Morgan fingerprint density at radius 3 is 2.89 bits per heavy atom. The lowest BCUT2D eigenvalue weighted by Gasteiger charge is -2.05. The van der Waals surface area contributed by atoms with Crippen LogP contribution in [0.15, 0.2) is 22.7 Å². The van der Waals surface area contributed by atoms with E-state index in [0.29, 0.717) is 11.4 Å². The molecule has 0 saturated heterocycles. The van der Waals surface area contributed by atoms with Crippen molar-refractivity contribution in [3.63, 3.8) is 0 Å². The highest BCUT2D eigenvalue weighted by molar-refractivity contribution is 5.48. The summed E-state index contributed by atoms with van der Waals surface area (Å²) < 4.78 is 10.1. The second kappa shape index (κ2) is 5.44.